The molecule has 3 nitrogen and oxygen atoms in total. The number of nitrogens with two attached hydrogens (primary N) is 1. The zero-order valence-corrected chi connectivity index (χ0v) is 10.5. The van der Waals surface area contributed by atoms with Crippen molar-refractivity contribution >= 4 is 0 Å². The minimum atomic E-state index is -4.24. The summed E-state index contributed by atoms with van der Waals surface area (Å²) in [6, 6.07) is 2.72. The molecular formula is C12H18F3N3. The van der Waals surface area contributed by atoms with Gasteiger partial charge in [0.25, 0.3) is 0 Å². The Morgan fingerprint density at radius 2 is 2.06 bits per heavy atom. The van der Waals surface area contributed by atoms with Crippen molar-refractivity contribution in [3.63, 3.8) is 0 Å². The van der Waals surface area contributed by atoms with Crippen LogP contribution in [0.15, 0.2) is 24.5 Å². The molecule has 1 heterocycles. The average Bonchev–Trinajstić information content (AvgIpc) is 2.28. The third-order valence-corrected chi connectivity index (χ3v) is 2.72. The lowest BCUT2D eigenvalue weighted by atomic mass is 10.1. The molecule has 0 saturated heterocycles. The van der Waals surface area contributed by atoms with Gasteiger partial charge in [0.2, 0.25) is 0 Å². The lowest BCUT2D eigenvalue weighted by molar-refractivity contribution is -0.155. The summed E-state index contributed by atoms with van der Waals surface area (Å²) in [5.41, 5.74) is 6.33. The van der Waals surface area contributed by atoms with Gasteiger partial charge in [0.15, 0.2) is 0 Å². The molecule has 18 heavy (non-hydrogen) atoms. The van der Waals surface area contributed by atoms with E-state index in [1.54, 1.807) is 38.4 Å². The van der Waals surface area contributed by atoms with Crippen molar-refractivity contribution < 1.29 is 13.2 Å². The largest absolute Gasteiger partial charge is 0.401 e. The van der Waals surface area contributed by atoms with Gasteiger partial charge in [-0.3, -0.25) is 9.88 Å². The van der Waals surface area contributed by atoms with Gasteiger partial charge in [-0.1, -0.05) is 6.07 Å². The van der Waals surface area contributed by atoms with Crippen LogP contribution in [0.4, 0.5) is 13.2 Å². The minimum Gasteiger partial charge on any atom is -0.329 e. The van der Waals surface area contributed by atoms with Crippen LogP contribution in [0, 0.1) is 0 Å². The summed E-state index contributed by atoms with van der Waals surface area (Å²) in [6.07, 6.45) is -1.09. The molecule has 1 rings (SSSR count). The van der Waals surface area contributed by atoms with E-state index in [-0.39, 0.29) is 12.6 Å². The van der Waals surface area contributed by atoms with E-state index in [1.807, 2.05) is 0 Å². The quantitative estimate of drug-likeness (QED) is 0.884. The standard InChI is InChI=1S/C12H18F3N3/c1-9(2)18(8-12(13,14)15)11(6-16)10-4-3-5-17-7-10/h3-5,7,9,11H,6,8,16H2,1-2H3. The molecule has 1 aromatic rings. The van der Waals surface area contributed by atoms with Crippen molar-refractivity contribution in [2.75, 3.05) is 13.1 Å². The van der Waals surface area contributed by atoms with E-state index in [1.165, 1.54) is 4.90 Å². The van der Waals surface area contributed by atoms with Crippen molar-refractivity contribution in [1.29, 1.82) is 0 Å². The fourth-order valence-corrected chi connectivity index (χ4v) is 1.90. The van der Waals surface area contributed by atoms with Gasteiger partial charge in [-0.15, -0.1) is 0 Å². The van der Waals surface area contributed by atoms with Crippen LogP contribution >= 0.6 is 0 Å². The molecule has 102 valence electrons. The summed E-state index contributed by atoms with van der Waals surface area (Å²) in [4.78, 5) is 5.27. The SMILES string of the molecule is CC(C)N(CC(F)(F)F)C(CN)c1cccnc1. The number of hydrogen-bond acceptors (Lipinski definition) is 3. The van der Waals surface area contributed by atoms with Gasteiger partial charge < -0.3 is 5.73 Å². The highest BCUT2D eigenvalue weighted by Crippen LogP contribution is 2.26. The van der Waals surface area contributed by atoms with E-state index >= 15 is 0 Å². The first kappa shape index (κ1) is 14.9. The number of aromatic nitrogens is 1. The van der Waals surface area contributed by atoms with Crippen LogP contribution in [-0.2, 0) is 0 Å². The molecule has 2 N–H and O–H groups in total. The van der Waals surface area contributed by atoms with Gasteiger partial charge in [-0.25, -0.2) is 0 Å². The summed E-state index contributed by atoms with van der Waals surface area (Å²) in [5, 5.41) is 0. The predicted octanol–water partition coefficient (Wildman–Crippen LogP) is 2.35. The molecule has 0 amide bonds. The van der Waals surface area contributed by atoms with E-state index in [9.17, 15) is 13.2 Å². The molecule has 6 heteroatoms. The highest BCUT2D eigenvalue weighted by molar-refractivity contribution is 5.15. The smallest absolute Gasteiger partial charge is 0.329 e. The first-order valence-electron chi connectivity index (χ1n) is 5.77. The average molecular weight is 261 g/mol. The Labute approximate surface area is 105 Å². The third kappa shape index (κ3) is 4.27. The topological polar surface area (TPSA) is 42.1 Å². The van der Waals surface area contributed by atoms with Crippen LogP contribution in [0.25, 0.3) is 0 Å². The molecule has 1 aromatic heterocycles. The minimum absolute atomic E-state index is 0.125. The lowest BCUT2D eigenvalue weighted by Crippen LogP contribution is -2.44. The number of halogens is 3. The van der Waals surface area contributed by atoms with Crippen LogP contribution in [0.1, 0.15) is 25.5 Å². The molecule has 1 unspecified atom stereocenters. The zero-order chi connectivity index (χ0) is 13.8. The van der Waals surface area contributed by atoms with Crippen LogP contribution in [-0.4, -0.2) is 35.2 Å². The monoisotopic (exact) mass is 261 g/mol. The van der Waals surface area contributed by atoms with Crippen molar-refractivity contribution in [2.45, 2.75) is 32.1 Å². The molecule has 0 radical (unpaired) electrons. The van der Waals surface area contributed by atoms with Gasteiger partial charge in [0, 0.05) is 31.0 Å². The second-order valence-electron chi connectivity index (χ2n) is 4.42. The Hall–Kier alpha value is -1.14. The summed E-state index contributed by atoms with van der Waals surface area (Å²) < 4.78 is 37.7. The Morgan fingerprint density at radius 3 is 2.44 bits per heavy atom. The number of rotatable bonds is 5. The molecule has 0 fully saturated rings. The Balaban J connectivity index is 2.95. The van der Waals surface area contributed by atoms with Crippen molar-refractivity contribution in [2.24, 2.45) is 5.73 Å². The predicted molar refractivity (Wildman–Crippen MR) is 63.9 cm³/mol. The van der Waals surface area contributed by atoms with Gasteiger partial charge >= 0.3 is 6.18 Å². The second kappa shape index (κ2) is 6.15. The van der Waals surface area contributed by atoms with E-state index in [0.717, 1.165) is 0 Å². The fourth-order valence-electron chi connectivity index (χ4n) is 1.90. The van der Waals surface area contributed by atoms with Crippen LogP contribution in [0.2, 0.25) is 0 Å². The summed E-state index contributed by atoms with van der Waals surface area (Å²) in [6.45, 7) is 2.61. The highest BCUT2D eigenvalue weighted by atomic mass is 19.4. The molecule has 0 aliphatic carbocycles. The van der Waals surface area contributed by atoms with Crippen molar-refractivity contribution in [3.05, 3.63) is 30.1 Å². The van der Waals surface area contributed by atoms with Gasteiger partial charge in [0.1, 0.15) is 0 Å². The first-order valence-corrected chi connectivity index (χ1v) is 5.77. The third-order valence-electron chi connectivity index (χ3n) is 2.72. The van der Waals surface area contributed by atoms with Gasteiger partial charge in [0.05, 0.1) is 6.54 Å². The molecule has 0 aliphatic rings. The summed E-state index contributed by atoms with van der Waals surface area (Å²) in [5.74, 6) is 0. The second-order valence-corrected chi connectivity index (χ2v) is 4.42. The van der Waals surface area contributed by atoms with E-state index in [0.29, 0.717) is 5.56 Å². The molecular weight excluding hydrogens is 243 g/mol. The number of alkyl halides is 3. The molecule has 1 atom stereocenters. The Kier molecular flexibility index (Phi) is 5.10. The summed E-state index contributed by atoms with van der Waals surface area (Å²) in [7, 11) is 0. The first-order chi connectivity index (χ1) is 8.35. The van der Waals surface area contributed by atoms with Crippen molar-refractivity contribution in [3.8, 4) is 0 Å². The normalized spacial score (nSPS) is 14.2. The van der Waals surface area contributed by atoms with E-state index < -0.39 is 18.8 Å². The molecule has 0 bridgehead atoms. The maximum absolute atomic E-state index is 12.6. The molecule has 0 spiro atoms. The highest BCUT2D eigenvalue weighted by Gasteiger charge is 2.35. The number of hydrogen-bond donors (Lipinski definition) is 1. The van der Waals surface area contributed by atoms with Crippen LogP contribution < -0.4 is 5.73 Å². The molecule has 0 saturated carbocycles. The Bertz CT molecular complexity index is 351. The maximum atomic E-state index is 12.6. The van der Waals surface area contributed by atoms with Gasteiger partial charge in [-0.2, -0.15) is 13.2 Å². The summed E-state index contributed by atoms with van der Waals surface area (Å²) >= 11 is 0. The molecule has 0 aromatic carbocycles. The maximum Gasteiger partial charge on any atom is 0.401 e. The van der Waals surface area contributed by atoms with Crippen LogP contribution in [0.3, 0.4) is 0 Å². The molecule has 0 aliphatic heterocycles. The van der Waals surface area contributed by atoms with Crippen LogP contribution in [0.5, 0.6) is 0 Å². The van der Waals surface area contributed by atoms with E-state index in [2.05, 4.69) is 4.98 Å². The zero-order valence-electron chi connectivity index (χ0n) is 10.5. The van der Waals surface area contributed by atoms with E-state index in [4.69, 9.17) is 5.73 Å². The lowest BCUT2D eigenvalue weighted by Gasteiger charge is -2.34. The number of pyridine rings is 1. The van der Waals surface area contributed by atoms with Crippen molar-refractivity contribution in [1.82, 2.24) is 9.88 Å². The van der Waals surface area contributed by atoms with Gasteiger partial charge in [-0.05, 0) is 25.5 Å². The Morgan fingerprint density at radius 1 is 1.39 bits per heavy atom. The fraction of sp³-hybridized carbons (Fsp3) is 0.583. The number of nitrogens with zero attached hydrogens (tertiary/aromatic N) is 2.